The fraction of sp³-hybridized carbons (Fsp3) is 0.300. The molecule has 0 aromatic heterocycles. The Balaban J connectivity index is 1.51. The molecule has 0 bridgehead atoms. The Hall–Kier alpha value is -2.40. The lowest BCUT2D eigenvalue weighted by Crippen LogP contribution is -2.33. The third-order valence-electron chi connectivity index (χ3n) is 4.61. The van der Waals surface area contributed by atoms with Crippen molar-refractivity contribution in [1.82, 2.24) is 10.2 Å². The summed E-state index contributed by atoms with van der Waals surface area (Å²) in [5.74, 6) is -0.885. The molecule has 0 spiro atoms. The van der Waals surface area contributed by atoms with E-state index < -0.39 is 0 Å². The van der Waals surface area contributed by atoms with Crippen LogP contribution in [0.3, 0.4) is 0 Å². The van der Waals surface area contributed by atoms with Gasteiger partial charge >= 0.3 is 0 Å². The first-order chi connectivity index (χ1) is 12.5. The Bertz CT molecular complexity index is 812. The standard InChI is InChI=1S/C20H20ClFN2O2/c21-17-7-3-1-6-15(17)12-23-20(26)16-11-19(25)24(13-16)10-9-14-5-2-4-8-18(14)22/h1-8,16H,9-13H2,(H,23,26). The van der Waals surface area contributed by atoms with Crippen LogP contribution in [0, 0.1) is 11.7 Å². The zero-order valence-electron chi connectivity index (χ0n) is 14.3. The fourth-order valence-corrected chi connectivity index (χ4v) is 3.29. The van der Waals surface area contributed by atoms with Gasteiger partial charge < -0.3 is 10.2 Å². The summed E-state index contributed by atoms with van der Waals surface area (Å²) in [6.45, 7) is 1.11. The quantitative estimate of drug-likeness (QED) is 0.844. The second-order valence-electron chi connectivity index (χ2n) is 6.39. The van der Waals surface area contributed by atoms with E-state index in [1.165, 1.54) is 6.07 Å². The average Bonchev–Trinajstić information content (AvgIpc) is 3.01. The zero-order valence-corrected chi connectivity index (χ0v) is 15.0. The molecule has 0 radical (unpaired) electrons. The molecule has 3 rings (SSSR count). The molecule has 136 valence electrons. The van der Waals surface area contributed by atoms with Crippen LogP contribution in [0.1, 0.15) is 17.5 Å². The number of likely N-dealkylation sites (tertiary alicyclic amines) is 1. The van der Waals surface area contributed by atoms with Gasteiger partial charge in [-0.2, -0.15) is 0 Å². The summed E-state index contributed by atoms with van der Waals surface area (Å²) in [6.07, 6.45) is 0.623. The maximum absolute atomic E-state index is 13.7. The molecule has 1 unspecified atom stereocenters. The number of halogens is 2. The molecule has 4 nitrogen and oxygen atoms in total. The van der Waals surface area contributed by atoms with Crippen molar-refractivity contribution in [2.24, 2.45) is 5.92 Å². The van der Waals surface area contributed by atoms with E-state index in [0.717, 1.165) is 5.56 Å². The van der Waals surface area contributed by atoms with Gasteiger partial charge in [0.15, 0.2) is 0 Å². The molecule has 0 aliphatic carbocycles. The monoisotopic (exact) mass is 374 g/mol. The topological polar surface area (TPSA) is 49.4 Å². The summed E-state index contributed by atoms with van der Waals surface area (Å²) in [6, 6.07) is 13.8. The molecule has 1 atom stereocenters. The molecule has 1 heterocycles. The molecule has 26 heavy (non-hydrogen) atoms. The highest BCUT2D eigenvalue weighted by atomic mass is 35.5. The number of carbonyl (C=O) groups excluding carboxylic acids is 2. The van der Waals surface area contributed by atoms with Gasteiger partial charge in [0.1, 0.15) is 5.82 Å². The first kappa shape index (κ1) is 18.4. The number of hydrogen-bond acceptors (Lipinski definition) is 2. The van der Waals surface area contributed by atoms with E-state index in [2.05, 4.69) is 5.32 Å². The zero-order chi connectivity index (χ0) is 18.5. The Kier molecular flexibility index (Phi) is 5.89. The molecule has 1 saturated heterocycles. The second-order valence-corrected chi connectivity index (χ2v) is 6.80. The minimum Gasteiger partial charge on any atom is -0.352 e. The van der Waals surface area contributed by atoms with E-state index in [-0.39, 0.29) is 30.0 Å². The number of rotatable bonds is 6. The maximum atomic E-state index is 13.7. The van der Waals surface area contributed by atoms with Crippen LogP contribution in [0.25, 0.3) is 0 Å². The number of carbonyl (C=O) groups is 2. The van der Waals surface area contributed by atoms with Gasteiger partial charge in [-0.25, -0.2) is 4.39 Å². The summed E-state index contributed by atoms with van der Waals surface area (Å²) in [5.41, 5.74) is 1.41. The van der Waals surface area contributed by atoms with Gasteiger partial charge in [-0.1, -0.05) is 48.0 Å². The second kappa shape index (κ2) is 8.32. The summed E-state index contributed by atoms with van der Waals surface area (Å²) in [4.78, 5) is 26.1. The highest BCUT2D eigenvalue weighted by Crippen LogP contribution is 2.20. The maximum Gasteiger partial charge on any atom is 0.225 e. The van der Waals surface area contributed by atoms with Crippen molar-refractivity contribution in [3.8, 4) is 0 Å². The summed E-state index contributed by atoms with van der Waals surface area (Å²) >= 11 is 6.08. The van der Waals surface area contributed by atoms with Gasteiger partial charge in [0, 0.05) is 31.1 Å². The number of nitrogens with zero attached hydrogens (tertiary/aromatic N) is 1. The van der Waals surface area contributed by atoms with E-state index in [1.807, 2.05) is 18.2 Å². The fourth-order valence-electron chi connectivity index (χ4n) is 3.09. The molecule has 1 N–H and O–H groups in total. The molecule has 2 aromatic rings. The SMILES string of the molecule is O=C(NCc1ccccc1Cl)C1CC(=O)N(CCc2ccccc2F)C1. The lowest BCUT2D eigenvalue weighted by molar-refractivity contribution is -0.129. The van der Waals surface area contributed by atoms with Crippen molar-refractivity contribution in [3.05, 3.63) is 70.5 Å². The van der Waals surface area contributed by atoms with Crippen LogP contribution in [-0.2, 0) is 22.6 Å². The molecule has 6 heteroatoms. The largest absolute Gasteiger partial charge is 0.352 e. The molecule has 2 amide bonds. The first-order valence-corrected chi connectivity index (χ1v) is 8.94. The van der Waals surface area contributed by atoms with Crippen molar-refractivity contribution < 1.29 is 14.0 Å². The smallest absolute Gasteiger partial charge is 0.225 e. The van der Waals surface area contributed by atoms with Crippen LogP contribution >= 0.6 is 11.6 Å². The molecule has 0 saturated carbocycles. The van der Waals surface area contributed by atoms with E-state index in [0.29, 0.717) is 36.6 Å². The van der Waals surface area contributed by atoms with Crippen LogP contribution in [0.2, 0.25) is 5.02 Å². The van der Waals surface area contributed by atoms with Crippen molar-refractivity contribution >= 4 is 23.4 Å². The van der Waals surface area contributed by atoms with Crippen LogP contribution in [0.4, 0.5) is 4.39 Å². The molecule has 2 aromatic carbocycles. The number of amides is 2. The lowest BCUT2D eigenvalue weighted by Gasteiger charge is -2.17. The highest BCUT2D eigenvalue weighted by molar-refractivity contribution is 6.31. The number of hydrogen-bond donors (Lipinski definition) is 1. The van der Waals surface area contributed by atoms with Gasteiger partial charge in [-0.05, 0) is 29.7 Å². The first-order valence-electron chi connectivity index (χ1n) is 8.57. The summed E-state index contributed by atoms with van der Waals surface area (Å²) in [5, 5.41) is 3.44. The summed E-state index contributed by atoms with van der Waals surface area (Å²) < 4.78 is 13.7. The molecule has 1 fully saturated rings. The van der Waals surface area contributed by atoms with E-state index >= 15 is 0 Å². The van der Waals surface area contributed by atoms with E-state index in [1.54, 1.807) is 29.2 Å². The molecule has 1 aliphatic heterocycles. The van der Waals surface area contributed by atoms with E-state index in [9.17, 15) is 14.0 Å². The Morgan fingerprint density at radius 3 is 2.58 bits per heavy atom. The van der Waals surface area contributed by atoms with Crippen LogP contribution in [0.15, 0.2) is 48.5 Å². The van der Waals surface area contributed by atoms with Gasteiger partial charge in [0.05, 0.1) is 5.92 Å². The van der Waals surface area contributed by atoms with E-state index in [4.69, 9.17) is 11.6 Å². The van der Waals surface area contributed by atoms with Gasteiger partial charge in [0.25, 0.3) is 0 Å². The average molecular weight is 375 g/mol. The van der Waals surface area contributed by atoms with Crippen molar-refractivity contribution in [2.45, 2.75) is 19.4 Å². The number of nitrogens with one attached hydrogen (secondary N) is 1. The number of benzene rings is 2. The molecular weight excluding hydrogens is 355 g/mol. The third-order valence-corrected chi connectivity index (χ3v) is 4.97. The van der Waals surface area contributed by atoms with Crippen LogP contribution in [-0.4, -0.2) is 29.8 Å². The lowest BCUT2D eigenvalue weighted by atomic mass is 10.1. The van der Waals surface area contributed by atoms with Gasteiger partial charge in [0.2, 0.25) is 11.8 Å². The minimum atomic E-state index is -0.384. The van der Waals surface area contributed by atoms with Gasteiger partial charge in [-0.3, -0.25) is 9.59 Å². The van der Waals surface area contributed by atoms with Crippen molar-refractivity contribution in [3.63, 3.8) is 0 Å². The molecular formula is C20H20ClFN2O2. The van der Waals surface area contributed by atoms with Crippen molar-refractivity contribution in [1.29, 1.82) is 0 Å². The Morgan fingerprint density at radius 1 is 1.15 bits per heavy atom. The van der Waals surface area contributed by atoms with Crippen LogP contribution in [0.5, 0.6) is 0 Å². The third kappa shape index (κ3) is 4.41. The highest BCUT2D eigenvalue weighted by Gasteiger charge is 2.33. The van der Waals surface area contributed by atoms with Gasteiger partial charge in [-0.15, -0.1) is 0 Å². The normalized spacial score (nSPS) is 16.8. The molecule has 1 aliphatic rings. The minimum absolute atomic E-state index is 0.0702. The van der Waals surface area contributed by atoms with Crippen LogP contribution < -0.4 is 5.32 Å². The van der Waals surface area contributed by atoms with Crippen molar-refractivity contribution in [2.75, 3.05) is 13.1 Å². The Labute approximate surface area is 157 Å². The predicted octanol–water partition coefficient (Wildman–Crippen LogP) is 3.19. The predicted molar refractivity (Wildman–Crippen MR) is 98.1 cm³/mol. The summed E-state index contributed by atoms with van der Waals surface area (Å²) in [7, 11) is 0. The Morgan fingerprint density at radius 2 is 1.85 bits per heavy atom.